The van der Waals surface area contributed by atoms with Gasteiger partial charge in [-0.15, -0.1) is 0 Å². The molecule has 0 unspecified atom stereocenters. The van der Waals surface area contributed by atoms with Crippen LogP contribution in [0.3, 0.4) is 0 Å². The molecule has 142 valence electrons. The molecule has 0 atom stereocenters. The predicted molar refractivity (Wildman–Crippen MR) is 106 cm³/mol. The highest BCUT2D eigenvalue weighted by Gasteiger charge is 2.09. The monoisotopic (exact) mass is 376 g/mol. The van der Waals surface area contributed by atoms with Crippen LogP contribution in [0.15, 0.2) is 52.5 Å². The lowest BCUT2D eigenvalue weighted by Crippen LogP contribution is -2.39. The zero-order valence-corrected chi connectivity index (χ0v) is 16.8. The number of hydrogen-bond acceptors (Lipinski definition) is 3. The number of rotatable bonds is 7. The molecule has 0 aliphatic carbocycles. The van der Waals surface area contributed by atoms with Crippen LogP contribution in [0.5, 0.6) is 0 Å². The van der Waals surface area contributed by atoms with Crippen LogP contribution in [0.25, 0.3) is 0 Å². The van der Waals surface area contributed by atoms with Gasteiger partial charge in [-0.25, -0.2) is 8.42 Å². The van der Waals surface area contributed by atoms with Gasteiger partial charge in [0.1, 0.15) is 0 Å². The van der Waals surface area contributed by atoms with Crippen molar-refractivity contribution in [2.75, 3.05) is 26.4 Å². The standard InChI is InChI=1S/C19H28N4O2S/c1-5-20-19(23(3)15-17-7-6-14-22(17)2)21-13-12-16-8-10-18(11-9-16)26(4,24)25/h6-11,14H,5,12-13,15H2,1-4H3,(H,20,21). The molecule has 6 nitrogen and oxygen atoms in total. The van der Waals surface area contributed by atoms with Gasteiger partial charge in [-0.05, 0) is 43.2 Å². The number of guanidine groups is 1. The van der Waals surface area contributed by atoms with E-state index in [4.69, 9.17) is 4.99 Å². The average molecular weight is 377 g/mol. The van der Waals surface area contributed by atoms with Gasteiger partial charge in [0.15, 0.2) is 15.8 Å². The van der Waals surface area contributed by atoms with Crippen LogP contribution in [0.1, 0.15) is 18.2 Å². The van der Waals surface area contributed by atoms with Gasteiger partial charge in [0.25, 0.3) is 0 Å². The molecule has 0 bridgehead atoms. The molecule has 0 aliphatic heterocycles. The normalized spacial score (nSPS) is 12.2. The van der Waals surface area contributed by atoms with Gasteiger partial charge in [-0.1, -0.05) is 12.1 Å². The van der Waals surface area contributed by atoms with Gasteiger partial charge >= 0.3 is 0 Å². The lowest BCUT2D eigenvalue weighted by atomic mass is 10.1. The molecular formula is C19H28N4O2S. The molecule has 0 aliphatic rings. The maximum absolute atomic E-state index is 11.5. The molecule has 26 heavy (non-hydrogen) atoms. The highest BCUT2D eigenvalue weighted by molar-refractivity contribution is 7.90. The summed E-state index contributed by atoms with van der Waals surface area (Å²) in [5.41, 5.74) is 2.29. The van der Waals surface area contributed by atoms with Crippen LogP contribution in [-0.4, -0.2) is 50.2 Å². The molecule has 0 saturated heterocycles. The minimum atomic E-state index is -3.15. The van der Waals surface area contributed by atoms with E-state index in [9.17, 15) is 8.42 Å². The van der Waals surface area contributed by atoms with Crippen molar-refractivity contribution in [3.63, 3.8) is 0 Å². The smallest absolute Gasteiger partial charge is 0.194 e. The van der Waals surface area contributed by atoms with Crippen LogP contribution in [0.4, 0.5) is 0 Å². The molecular weight excluding hydrogens is 348 g/mol. The third-order valence-corrected chi connectivity index (χ3v) is 5.29. The summed E-state index contributed by atoms with van der Waals surface area (Å²) in [6.45, 7) is 4.27. The second-order valence-corrected chi connectivity index (χ2v) is 8.38. The summed E-state index contributed by atoms with van der Waals surface area (Å²) >= 11 is 0. The summed E-state index contributed by atoms with van der Waals surface area (Å²) in [6, 6.07) is 11.2. The van der Waals surface area contributed by atoms with Crippen molar-refractivity contribution in [1.82, 2.24) is 14.8 Å². The van der Waals surface area contributed by atoms with E-state index in [1.54, 1.807) is 12.1 Å². The highest BCUT2D eigenvalue weighted by Crippen LogP contribution is 2.11. The average Bonchev–Trinajstić information content (AvgIpc) is 2.98. The van der Waals surface area contributed by atoms with Crippen LogP contribution < -0.4 is 5.32 Å². The maximum atomic E-state index is 11.5. The first kappa shape index (κ1) is 20.0. The minimum Gasteiger partial charge on any atom is -0.357 e. The van der Waals surface area contributed by atoms with Gasteiger partial charge in [-0.3, -0.25) is 4.99 Å². The molecule has 7 heteroatoms. The number of hydrogen-bond donors (Lipinski definition) is 1. The first-order valence-electron chi connectivity index (χ1n) is 8.70. The third-order valence-electron chi connectivity index (χ3n) is 4.16. The number of aliphatic imine (C=N–C) groups is 1. The summed E-state index contributed by atoms with van der Waals surface area (Å²) in [5, 5.41) is 3.32. The highest BCUT2D eigenvalue weighted by atomic mass is 32.2. The van der Waals surface area contributed by atoms with Crippen LogP contribution >= 0.6 is 0 Å². The summed E-state index contributed by atoms with van der Waals surface area (Å²) in [4.78, 5) is 7.14. The Morgan fingerprint density at radius 2 is 1.92 bits per heavy atom. The molecule has 2 rings (SSSR count). The van der Waals surface area contributed by atoms with Gasteiger partial charge in [0.2, 0.25) is 0 Å². The fraction of sp³-hybridized carbons (Fsp3) is 0.421. The van der Waals surface area contributed by atoms with Crippen molar-refractivity contribution < 1.29 is 8.42 Å². The van der Waals surface area contributed by atoms with E-state index in [0.717, 1.165) is 31.0 Å². The summed E-state index contributed by atoms with van der Waals surface area (Å²) in [6.07, 6.45) is 4.02. The second kappa shape index (κ2) is 8.89. The molecule has 1 N–H and O–H groups in total. The molecule has 0 radical (unpaired) electrons. The van der Waals surface area contributed by atoms with Crippen LogP contribution in [0, 0.1) is 0 Å². The Balaban J connectivity index is 1.99. The van der Waals surface area contributed by atoms with Crippen molar-refractivity contribution in [3.05, 3.63) is 53.9 Å². The van der Waals surface area contributed by atoms with Crippen molar-refractivity contribution in [1.29, 1.82) is 0 Å². The molecule has 1 aromatic heterocycles. The number of sulfone groups is 1. The first-order valence-corrected chi connectivity index (χ1v) is 10.6. The lowest BCUT2D eigenvalue weighted by Gasteiger charge is -2.22. The van der Waals surface area contributed by atoms with E-state index < -0.39 is 9.84 Å². The molecule has 1 heterocycles. The van der Waals surface area contributed by atoms with Gasteiger partial charge < -0.3 is 14.8 Å². The number of aryl methyl sites for hydroxylation is 1. The van der Waals surface area contributed by atoms with E-state index in [2.05, 4.69) is 27.8 Å². The number of benzene rings is 1. The minimum absolute atomic E-state index is 0.348. The molecule has 0 amide bonds. The summed E-state index contributed by atoms with van der Waals surface area (Å²) in [5.74, 6) is 0.862. The first-order chi connectivity index (χ1) is 12.3. The third kappa shape index (κ3) is 5.62. The molecule has 2 aromatic rings. The topological polar surface area (TPSA) is 66.7 Å². The van der Waals surface area contributed by atoms with Gasteiger partial charge in [0.05, 0.1) is 11.4 Å². The zero-order chi connectivity index (χ0) is 19.2. The van der Waals surface area contributed by atoms with E-state index in [0.29, 0.717) is 11.4 Å². The Labute approximate surface area is 156 Å². The molecule has 0 saturated carbocycles. The van der Waals surface area contributed by atoms with Crippen LogP contribution in [-0.2, 0) is 29.9 Å². The van der Waals surface area contributed by atoms with E-state index in [-0.39, 0.29) is 0 Å². The summed E-state index contributed by atoms with van der Waals surface area (Å²) < 4.78 is 25.1. The number of nitrogens with one attached hydrogen (secondary N) is 1. The predicted octanol–water partition coefficient (Wildman–Crippen LogP) is 2.07. The second-order valence-electron chi connectivity index (χ2n) is 6.37. The SMILES string of the molecule is CCNC(=NCCc1ccc(S(C)(=O)=O)cc1)N(C)Cc1cccn1C. The van der Waals surface area contributed by atoms with E-state index in [1.807, 2.05) is 38.5 Å². The molecule has 1 aromatic carbocycles. The van der Waals surface area contributed by atoms with Crippen LogP contribution in [0.2, 0.25) is 0 Å². The lowest BCUT2D eigenvalue weighted by molar-refractivity contribution is 0.462. The Morgan fingerprint density at radius 1 is 1.23 bits per heavy atom. The van der Waals surface area contributed by atoms with Gasteiger partial charge in [-0.2, -0.15) is 0 Å². The number of aromatic nitrogens is 1. The summed E-state index contributed by atoms with van der Waals surface area (Å²) in [7, 11) is 0.912. The maximum Gasteiger partial charge on any atom is 0.194 e. The Hall–Kier alpha value is -2.28. The quantitative estimate of drug-likeness (QED) is 0.593. The Morgan fingerprint density at radius 3 is 2.46 bits per heavy atom. The van der Waals surface area contributed by atoms with Crippen molar-refractivity contribution in [2.45, 2.75) is 24.8 Å². The van der Waals surface area contributed by atoms with E-state index in [1.165, 1.54) is 11.9 Å². The Kier molecular flexibility index (Phi) is 6.85. The van der Waals surface area contributed by atoms with Crippen molar-refractivity contribution in [3.8, 4) is 0 Å². The zero-order valence-electron chi connectivity index (χ0n) is 15.9. The largest absolute Gasteiger partial charge is 0.357 e. The Bertz CT molecular complexity index is 839. The molecule has 0 fully saturated rings. The number of nitrogens with zero attached hydrogens (tertiary/aromatic N) is 3. The van der Waals surface area contributed by atoms with E-state index >= 15 is 0 Å². The van der Waals surface area contributed by atoms with Crippen molar-refractivity contribution in [2.24, 2.45) is 12.0 Å². The fourth-order valence-electron chi connectivity index (χ4n) is 2.64. The van der Waals surface area contributed by atoms with Gasteiger partial charge in [0, 0.05) is 45.3 Å². The molecule has 0 spiro atoms. The van der Waals surface area contributed by atoms with Crippen molar-refractivity contribution >= 4 is 15.8 Å². The fourth-order valence-corrected chi connectivity index (χ4v) is 3.27.